The van der Waals surface area contributed by atoms with E-state index in [1.807, 2.05) is 0 Å². The van der Waals surface area contributed by atoms with E-state index in [1.165, 1.54) is 6.42 Å². The molecule has 0 amide bonds. The first-order valence-electron chi connectivity index (χ1n) is 9.33. The van der Waals surface area contributed by atoms with Gasteiger partial charge >= 0.3 is 0 Å². The summed E-state index contributed by atoms with van der Waals surface area (Å²) in [5, 5.41) is 20.4. The summed E-state index contributed by atoms with van der Waals surface area (Å²) < 4.78 is 0. The molecule has 0 aromatic rings. The number of hydrogen-bond donors (Lipinski definition) is 2. The Morgan fingerprint density at radius 2 is 1.91 bits per heavy atom. The van der Waals surface area contributed by atoms with Gasteiger partial charge in [0.1, 0.15) is 5.78 Å². The minimum Gasteiger partial charge on any atom is -0.396 e. The Kier molecular flexibility index (Phi) is 3.47. The summed E-state index contributed by atoms with van der Waals surface area (Å²) in [6, 6.07) is 0. The Hall–Kier alpha value is -0.410. The van der Waals surface area contributed by atoms with E-state index in [1.54, 1.807) is 0 Å². The smallest absolute Gasteiger partial charge is 0.139 e. The largest absolute Gasteiger partial charge is 0.396 e. The number of Topliss-reactive ketones (excluding diaryl/α,β-unsaturated/α-hetero) is 1. The molecule has 0 saturated heterocycles. The van der Waals surface area contributed by atoms with Crippen LogP contribution in [-0.4, -0.2) is 28.7 Å². The normalized spacial score (nSPS) is 54.5. The second kappa shape index (κ2) is 5.04. The van der Waals surface area contributed by atoms with E-state index in [-0.39, 0.29) is 23.5 Å². The van der Waals surface area contributed by atoms with E-state index >= 15 is 0 Å². The lowest BCUT2D eigenvalue weighted by atomic mass is 9.45. The van der Waals surface area contributed by atoms with Gasteiger partial charge in [-0.05, 0) is 80.5 Å². The Morgan fingerprint density at radius 3 is 2.68 bits per heavy atom. The van der Waals surface area contributed by atoms with Crippen molar-refractivity contribution in [2.45, 2.75) is 70.8 Å². The first kappa shape index (κ1) is 15.1. The van der Waals surface area contributed by atoms with Crippen LogP contribution in [0.25, 0.3) is 0 Å². The standard InChI is InChI=1S/C19H30O3/c1-18-8-7-16-14(15(18)4-5-17(18)22)3-2-12-10-13(21)6-9-19(12,16)11-20/h12-16,20-21H,2-11H2,1H3/t12-,13?,14?,15-,16-,18?,19?/m0/s1. The van der Waals surface area contributed by atoms with Gasteiger partial charge in [0.05, 0.1) is 6.10 Å². The fraction of sp³-hybridized carbons (Fsp3) is 0.947. The van der Waals surface area contributed by atoms with E-state index in [2.05, 4.69) is 6.92 Å². The van der Waals surface area contributed by atoms with E-state index in [0.29, 0.717) is 29.5 Å². The molecule has 3 nitrogen and oxygen atoms in total. The molecule has 3 heteroatoms. The van der Waals surface area contributed by atoms with Crippen LogP contribution in [0, 0.1) is 34.5 Å². The maximum absolute atomic E-state index is 12.4. The fourth-order valence-corrected chi connectivity index (χ4v) is 7.11. The SMILES string of the molecule is CC12CC[C@H]3C(CC[C@H]4CC(O)CCC43CO)[C@@H]1CCC2=O. The molecule has 0 aromatic carbocycles. The van der Waals surface area contributed by atoms with Crippen molar-refractivity contribution in [1.29, 1.82) is 0 Å². The molecule has 4 aliphatic carbocycles. The van der Waals surface area contributed by atoms with Gasteiger partial charge in [-0.2, -0.15) is 0 Å². The van der Waals surface area contributed by atoms with Gasteiger partial charge in [-0.3, -0.25) is 4.79 Å². The lowest BCUT2D eigenvalue weighted by Crippen LogP contribution is -2.56. The van der Waals surface area contributed by atoms with Gasteiger partial charge in [0.15, 0.2) is 0 Å². The van der Waals surface area contributed by atoms with Crippen molar-refractivity contribution in [3.63, 3.8) is 0 Å². The Balaban J connectivity index is 1.66. The second-order valence-corrected chi connectivity index (χ2v) is 8.89. The summed E-state index contributed by atoms with van der Waals surface area (Å²) in [6.07, 6.45) is 8.87. The first-order chi connectivity index (χ1) is 10.5. The van der Waals surface area contributed by atoms with E-state index < -0.39 is 0 Å². The number of fused-ring (bicyclic) bond motifs is 5. The van der Waals surface area contributed by atoms with Gasteiger partial charge < -0.3 is 10.2 Å². The van der Waals surface area contributed by atoms with Crippen LogP contribution in [0.1, 0.15) is 64.7 Å². The van der Waals surface area contributed by atoms with Gasteiger partial charge in [-0.25, -0.2) is 0 Å². The summed E-state index contributed by atoms with van der Waals surface area (Å²) >= 11 is 0. The minimum absolute atomic E-state index is 0.0368. The molecule has 0 aliphatic heterocycles. The number of aliphatic hydroxyl groups is 2. The zero-order valence-corrected chi connectivity index (χ0v) is 13.8. The Labute approximate surface area is 133 Å². The molecular formula is C19H30O3. The molecule has 0 radical (unpaired) electrons. The van der Waals surface area contributed by atoms with Gasteiger partial charge in [0.25, 0.3) is 0 Å². The summed E-state index contributed by atoms with van der Waals surface area (Å²) in [5.41, 5.74) is -0.0338. The predicted molar refractivity (Wildman–Crippen MR) is 84.2 cm³/mol. The molecule has 7 atom stereocenters. The monoisotopic (exact) mass is 306 g/mol. The van der Waals surface area contributed by atoms with Gasteiger partial charge in [0.2, 0.25) is 0 Å². The molecule has 2 N–H and O–H groups in total. The highest BCUT2D eigenvalue weighted by Crippen LogP contribution is 2.65. The summed E-state index contributed by atoms with van der Waals surface area (Å²) in [5.74, 6) is 2.74. The highest BCUT2D eigenvalue weighted by molar-refractivity contribution is 5.87. The molecule has 124 valence electrons. The predicted octanol–water partition coefficient (Wildman–Crippen LogP) is 2.93. The van der Waals surface area contributed by atoms with Gasteiger partial charge in [0, 0.05) is 18.4 Å². The van der Waals surface area contributed by atoms with Crippen LogP contribution < -0.4 is 0 Å². The number of rotatable bonds is 1. The fourth-order valence-electron chi connectivity index (χ4n) is 7.11. The van der Waals surface area contributed by atoms with Crippen molar-refractivity contribution in [2.75, 3.05) is 6.61 Å². The van der Waals surface area contributed by atoms with Crippen LogP contribution in [-0.2, 0) is 4.79 Å². The summed E-state index contributed by atoms with van der Waals surface area (Å²) in [7, 11) is 0. The van der Waals surface area contributed by atoms with Gasteiger partial charge in [-0.15, -0.1) is 0 Å². The third kappa shape index (κ3) is 1.84. The van der Waals surface area contributed by atoms with Crippen molar-refractivity contribution in [3.05, 3.63) is 0 Å². The van der Waals surface area contributed by atoms with E-state index in [4.69, 9.17) is 0 Å². The van der Waals surface area contributed by atoms with Crippen LogP contribution in [0.3, 0.4) is 0 Å². The lowest BCUT2D eigenvalue weighted by Gasteiger charge is -2.60. The maximum atomic E-state index is 12.4. The van der Waals surface area contributed by atoms with Crippen LogP contribution >= 0.6 is 0 Å². The summed E-state index contributed by atoms with van der Waals surface area (Å²) in [4.78, 5) is 12.4. The quantitative estimate of drug-likeness (QED) is 0.783. The summed E-state index contributed by atoms with van der Waals surface area (Å²) in [6.45, 7) is 2.49. The number of ketones is 1. The molecule has 0 aromatic heterocycles. The molecule has 4 rings (SSSR count). The highest BCUT2D eigenvalue weighted by atomic mass is 16.3. The van der Waals surface area contributed by atoms with Crippen LogP contribution in [0.15, 0.2) is 0 Å². The molecule has 4 unspecified atom stereocenters. The average Bonchev–Trinajstić information content (AvgIpc) is 2.82. The number of aliphatic hydroxyl groups excluding tert-OH is 2. The molecule has 0 bridgehead atoms. The van der Waals surface area contributed by atoms with Gasteiger partial charge in [-0.1, -0.05) is 6.92 Å². The number of hydrogen-bond acceptors (Lipinski definition) is 3. The topological polar surface area (TPSA) is 57.5 Å². The van der Waals surface area contributed by atoms with Crippen LogP contribution in [0.4, 0.5) is 0 Å². The van der Waals surface area contributed by atoms with Crippen molar-refractivity contribution in [1.82, 2.24) is 0 Å². The first-order valence-corrected chi connectivity index (χ1v) is 9.33. The molecule has 4 fully saturated rings. The second-order valence-electron chi connectivity index (χ2n) is 8.89. The van der Waals surface area contributed by atoms with Crippen LogP contribution in [0.2, 0.25) is 0 Å². The van der Waals surface area contributed by atoms with Crippen molar-refractivity contribution < 1.29 is 15.0 Å². The molecule has 4 aliphatic rings. The maximum Gasteiger partial charge on any atom is 0.139 e. The third-order valence-electron chi connectivity index (χ3n) is 8.34. The highest BCUT2D eigenvalue weighted by Gasteiger charge is 2.61. The minimum atomic E-state index is -0.164. The zero-order valence-electron chi connectivity index (χ0n) is 13.8. The molecule has 4 saturated carbocycles. The Bertz CT molecular complexity index is 475. The Morgan fingerprint density at radius 1 is 1.09 bits per heavy atom. The lowest BCUT2D eigenvalue weighted by molar-refractivity contribution is -0.156. The molecule has 0 heterocycles. The van der Waals surface area contributed by atoms with Crippen molar-refractivity contribution in [3.8, 4) is 0 Å². The number of carbonyl (C=O) groups excluding carboxylic acids is 1. The number of carbonyl (C=O) groups is 1. The van der Waals surface area contributed by atoms with Crippen LogP contribution in [0.5, 0.6) is 0 Å². The zero-order chi connectivity index (χ0) is 15.5. The third-order valence-corrected chi connectivity index (χ3v) is 8.34. The molecular weight excluding hydrogens is 276 g/mol. The van der Waals surface area contributed by atoms with Crippen molar-refractivity contribution in [2.24, 2.45) is 34.5 Å². The molecule has 0 spiro atoms. The van der Waals surface area contributed by atoms with E-state index in [0.717, 1.165) is 51.4 Å². The van der Waals surface area contributed by atoms with Crippen molar-refractivity contribution >= 4 is 5.78 Å². The molecule has 22 heavy (non-hydrogen) atoms. The van der Waals surface area contributed by atoms with E-state index in [9.17, 15) is 15.0 Å². The average molecular weight is 306 g/mol.